The van der Waals surface area contributed by atoms with E-state index in [-0.39, 0.29) is 17.9 Å². The van der Waals surface area contributed by atoms with E-state index in [1.807, 2.05) is 93.6 Å². The average Bonchev–Trinajstić information content (AvgIpc) is 2.88. The van der Waals surface area contributed by atoms with Gasteiger partial charge in [0.15, 0.2) is 0 Å². The lowest BCUT2D eigenvalue weighted by atomic mass is 10.0. The molecule has 0 saturated heterocycles. The van der Waals surface area contributed by atoms with Crippen molar-refractivity contribution in [3.05, 3.63) is 107 Å². The Bertz CT molecular complexity index is 1050. The molecule has 0 spiro atoms. The first kappa shape index (κ1) is 26.6. The van der Waals surface area contributed by atoms with E-state index in [1.54, 1.807) is 16.7 Å². The number of hydrogen-bond donors (Lipinski definition) is 1. The quantitative estimate of drug-likeness (QED) is 0.351. The maximum Gasteiger partial charge on any atom is 0.243 e. The van der Waals surface area contributed by atoms with Crippen molar-refractivity contribution in [2.45, 2.75) is 58.0 Å². The van der Waals surface area contributed by atoms with E-state index in [0.717, 1.165) is 23.3 Å². The molecule has 1 N–H and O–H groups in total. The molecular weight excluding hydrogens is 452 g/mol. The van der Waals surface area contributed by atoms with Crippen molar-refractivity contribution in [1.82, 2.24) is 10.2 Å². The second-order valence-corrected chi connectivity index (χ2v) is 9.99. The molecule has 0 fully saturated rings. The van der Waals surface area contributed by atoms with Crippen LogP contribution in [0.2, 0.25) is 0 Å². The molecule has 3 aromatic carbocycles. The highest BCUT2D eigenvalue weighted by atomic mass is 32.2. The predicted molar refractivity (Wildman–Crippen MR) is 146 cm³/mol. The van der Waals surface area contributed by atoms with E-state index in [9.17, 15) is 9.59 Å². The summed E-state index contributed by atoms with van der Waals surface area (Å²) < 4.78 is 0. The molecule has 5 heteroatoms. The lowest BCUT2D eigenvalue weighted by Crippen LogP contribution is -2.52. The van der Waals surface area contributed by atoms with Crippen molar-refractivity contribution in [2.24, 2.45) is 0 Å². The largest absolute Gasteiger partial charge is 0.352 e. The maximum absolute atomic E-state index is 13.6. The molecule has 0 saturated carbocycles. The molecule has 3 aromatic rings. The lowest BCUT2D eigenvalue weighted by molar-refractivity contribution is -0.139. The average molecular weight is 489 g/mol. The Kier molecular flexibility index (Phi) is 10.4. The molecule has 184 valence electrons. The summed E-state index contributed by atoms with van der Waals surface area (Å²) in [6.45, 7) is 6.49. The summed E-state index contributed by atoms with van der Waals surface area (Å²) in [5.41, 5.74) is 4.41. The molecule has 0 aliphatic heterocycles. The number of hydrogen-bond acceptors (Lipinski definition) is 3. The van der Waals surface area contributed by atoms with Crippen molar-refractivity contribution >= 4 is 23.6 Å². The molecule has 2 atom stereocenters. The smallest absolute Gasteiger partial charge is 0.243 e. The van der Waals surface area contributed by atoms with Crippen molar-refractivity contribution in [3.8, 4) is 0 Å². The molecule has 0 aliphatic rings. The van der Waals surface area contributed by atoms with Gasteiger partial charge in [0.2, 0.25) is 11.8 Å². The fourth-order valence-electron chi connectivity index (χ4n) is 3.80. The third-order valence-electron chi connectivity index (χ3n) is 6.08. The van der Waals surface area contributed by atoms with E-state index in [4.69, 9.17) is 0 Å². The van der Waals surface area contributed by atoms with E-state index in [1.165, 1.54) is 11.1 Å². The zero-order chi connectivity index (χ0) is 25.0. The lowest BCUT2D eigenvalue weighted by Gasteiger charge is -2.32. The maximum atomic E-state index is 13.6. The fourth-order valence-corrected chi connectivity index (χ4v) is 4.67. The Morgan fingerprint density at radius 1 is 0.857 bits per heavy atom. The van der Waals surface area contributed by atoms with E-state index < -0.39 is 6.04 Å². The molecule has 0 radical (unpaired) electrons. The molecule has 35 heavy (non-hydrogen) atoms. The Labute approximate surface area is 214 Å². The van der Waals surface area contributed by atoms with Crippen LogP contribution in [0.15, 0.2) is 84.9 Å². The topological polar surface area (TPSA) is 49.4 Å². The summed E-state index contributed by atoms with van der Waals surface area (Å²) in [7, 11) is 0. The van der Waals surface area contributed by atoms with Gasteiger partial charge in [-0.3, -0.25) is 9.59 Å². The second-order valence-electron chi connectivity index (χ2n) is 9.01. The highest BCUT2D eigenvalue weighted by molar-refractivity contribution is 7.99. The zero-order valence-corrected chi connectivity index (χ0v) is 21.8. The molecule has 2 unspecified atom stereocenters. The molecule has 2 amide bonds. The van der Waals surface area contributed by atoms with Crippen LogP contribution in [-0.2, 0) is 28.3 Å². The molecule has 4 nitrogen and oxygen atoms in total. The first-order valence-electron chi connectivity index (χ1n) is 12.3. The molecule has 0 bridgehead atoms. The molecule has 0 aromatic heterocycles. The highest BCUT2D eigenvalue weighted by Crippen LogP contribution is 2.19. The Morgan fingerprint density at radius 2 is 1.46 bits per heavy atom. The first-order valence-corrected chi connectivity index (χ1v) is 13.4. The summed E-state index contributed by atoms with van der Waals surface area (Å²) in [6.07, 6.45) is 1.31. The minimum absolute atomic E-state index is 0.0215. The number of carbonyl (C=O) groups excluding carboxylic acids is 2. The highest BCUT2D eigenvalue weighted by Gasteiger charge is 2.30. The zero-order valence-electron chi connectivity index (χ0n) is 20.9. The first-order chi connectivity index (χ1) is 17.0. The summed E-state index contributed by atoms with van der Waals surface area (Å²) >= 11 is 1.59. The molecule has 0 heterocycles. The number of amides is 2. The van der Waals surface area contributed by atoms with Crippen LogP contribution in [0.5, 0.6) is 0 Å². The monoisotopic (exact) mass is 488 g/mol. The van der Waals surface area contributed by atoms with Gasteiger partial charge in [-0.25, -0.2) is 0 Å². The van der Waals surface area contributed by atoms with E-state index >= 15 is 0 Å². The van der Waals surface area contributed by atoms with E-state index in [0.29, 0.717) is 18.7 Å². The normalized spacial score (nSPS) is 12.5. The van der Waals surface area contributed by atoms with Crippen molar-refractivity contribution in [3.63, 3.8) is 0 Å². The number of aryl methyl sites for hydroxylation is 1. The summed E-state index contributed by atoms with van der Waals surface area (Å²) in [6, 6.07) is 27.7. The molecular formula is C30H36N2O2S. The van der Waals surface area contributed by atoms with Crippen molar-refractivity contribution in [1.29, 1.82) is 0 Å². The number of carbonyl (C=O) groups is 2. The Balaban J connectivity index is 1.85. The second kappa shape index (κ2) is 13.7. The van der Waals surface area contributed by atoms with Gasteiger partial charge in [-0.1, -0.05) is 97.4 Å². The number of thioether (sulfide) groups is 1. The number of nitrogens with zero attached hydrogens (tertiary/aromatic N) is 1. The number of nitrogens with one attached hydrogen (secondary N) is 1. The van der Waals surface area contributed by atoms with Gasteiger partial charge in [0.1, 0.15) is 6.04 Å². The van der Waals surface area contributed by atoms with Gasteiger partial charge >= 0.3 is 0 Å². The Morgan fingerprint density at radius 3 is 2.06 bits per heavy atom. The summed E-state index contributed by atoms with van der Waals surface area (Å²) in [5, 5.41) is 3.12. The SMILES string of the molecule is CCC(C)NC(=O)C(Cc1ccccc1)N(Cc1ccc(C)cc1)C(=O)CSCc1ccccc1. The third-order valence-corrected chi connectivity index (χ3v) is 7.07. The van der Waals surface area contributed by atoms with Gasteiger partial charge in [-0.15, -0.1) is 11.8 Å². The van der Waals surface area contributed by atoms with Crippen LogP contribution in [0.1, 0.15) is 42.5 Å². The summed E-state index contributed by atoms with van der Waals surface area (Å²) in [5.74, 6) is 0.958. The van der Waals surface area contributed by atoms with Crippen LogP contribution < -0.4 is 5.32 Å². The van der Waals surface area contributed by atoms with Gasteiger partial charge in [-0.05, 0) is 37.0 Å². The van der Waals surface area contributed by atoms with Gasteiger partial charge < -0.3 is 10.2 Å². The standard InChI is InChI=1S/C30H36N2O2S/c1-4-24(3)31-30(34)28(19-25-11-7-5-8-12-25)32(20-26-17-15-23(2)16-18-26)29(33)22-35-21-27-13-9-6-10-14-27/h5-18,24,28H,4,19-22H2,1-3H3,(H,31,34). The van der Waals surface area contributed by atoms with Crippen LogP contribution in [0.4, 0.5) is 0 Å². The minimum Gasteiger partial charge on any atom is -0.352 e. The van der Waals surface area contributed by atoms with Crippen molar-refractivity contribution in [2.75, 3.05) is 5.75 Å². The van der Waals surface area contributed by atoms with Crippen molar-refractivity contribution < 1.29 is 9.59 Å². The number of benzene rings is 3. The minimum atomic E-state index is -0.586. The predicted octanol–water partition coefficient (Wildman–Crippen LogP) is 5.78. The van der Waals surface area contributed by atoms with Gasteiger partial charge in [0.25, 0.3) is 0 Å². The number of rotatable bonds is 12. The fraction of sp³-hybridized carbons (Fsp3) is 0.333. The van der Waals surface area contributed by atoms with Crippen LogP contribution in [-0.4, -0.2) is 34.6 Å². The van der Waals surface area contributed by atoms with Crippen LogP contribution in [0.3, 0.4) is 0 Å². The molecule has 3 rings (SSSR count). The Hall–Kier alpha value is -3.05. The van der Waals surface area contributed by atoms with Gasteiger partial charge in [-0.2, -0.15) is 0 Å². The van der Waals surface area contributed by atoms with Crippen LogP contribution in [0, 0.1) is 6.92 Å². The summed E-state index contributed by atoms with van der Waals surface area (Å²) in [4.78, 5) is 28.9. The molecule has 0 aliphatic carbocycles. The van der Waals surface area contributed by atoms with Crippen LogP contribution >= 0.6 is 11.8 Å². The van der Waals surface area contributed by atoms with E-state index in [2.05, 4.69) is 17.4 Å². The van der Waals surface area contributed by atoms with Gasteiger partial charge in [0, 0.05) is 24.8 Å². The van der Waals surface area contributed by atoms with Crippen LogP contribution in [0.25, 0.3) is 0 Å². The van der Waals surface area contributed by atoms with Gasteiger partial charge in [0.05, 0.1) is 5.75 Å². The third kappa shape index (κ3) is 8.59.